The van der Waals surface area contributed by atoms with Gasteiger partial charge < -0.3 is 19.0 Å². The van der Waals surface area contributed by atoms with Crippen LogP contribution in [0.2, 0.25) is 0 Å². The molecule has 4 aromatic carbocycles. The van der Waals surface area contributed by atoms with Crippen molar-refractivity contribution in [2.45, 2.75) is 118 Å². The van der Waals surface area contributed by atoms with E-state index in [0.717, 1.165) is 23.3 Å². The van der Waals surface area contributed by atoms with Crippen LogP contribution in [0.25, 0.3) is 0 Å². The maximum atomic E-state index is 10.7. The van der Waals surface area contributed by atoms with Crippen LogP contribution in [0.15, 0.2) is 139 Å². The Labute approximate surface area is 341 Å². The number of allylic oxidation sites excluding steroid dienone is 2. The summed E-state index contributed by atoms with van der Waals surface area (Å²) in [4.78, 5) is 0. The molecular weight excluding hydrogens is 705 g/mol. The molecule has 0 aliphatic rings. The van der Waals surface area contributed by atoms with Gasteiger partial charge in [-0.2, -0.15) is 0 Å². The Bertz CT molecular complexity index is 1610. The van der Waals surface area contributed by atoms with Crippen LogP contribution < -0.4 is 20.3 Å². The van der Waals surface area contributed by atoms with Gasteiger partial charge in [-0.15, -0.1) is 0 Å². The summed E-state index contributed by atoms with van der Waals surface area (Å²) < 4.78 is 19.9. The first-order valence-electron chi connectivity index (χ1n) is 21.3. The van der Waals surface area contributed by atoms with Gasteiger partial charge in [0.2, 0.25) is 0 Å². The number of ether oxygens (including phenoxy) is 2. The van der Waals surface area contributed by atoms with Crippen molar-refractivity contribution in [3.05, 3.63) is 144 Å². The van der Waals surface area contributed by atoms with Gasteiger partial charge in [-0.05, 0) is 65.0 Å². The van der Waals surface area contributed by atoms with Gasteiger partial charge >= 0.3 is 0 Å². The Morgan fingerprint density at radius 3 is 1.64 bits per heavy atom. The molecule has 5 heteroatoms. The van der Waals surface area contributed by atoms with Crippen LogP contribution in [-0.2, 0) is 15.8 Å². The number of benzene rings is 4. The maximum Gasteiger partial charge on any atom is 0.288 e. The fourth-order valence-corrected chi connectivity index (χ4v) is 12.4. The van der Waals surface area contributed by atoms with Gasteiger partial charge in [0.15, 0.2) is 0 Å². The highest BCUT2D eigenvalue weighted by atomic mass is 28.4. The number of aliphatic hydroxyl groups excluding tert-OH is 1. The van der Waals surface area contributed by atoms with Crippen LogP contribution in [0.4, 0.5) is 0 Å². The third-order valence-corrected chi connectivity index (χ3v) is 15.3. The molecule has 0 spiro atoms. The van der Waals surface area contributed by atoms with Crippen molar-refractivity contribution in [2.24, 2.45) is 17.8 Å². The molecule has 4 rings (SSSR count). The summed E-state index contributed by atoms with van der Waals surface area (Å²) in [7, 11) is -1.32. The van der Waals surface area contributed by atoms with Crippen LogP contribution in [0.3, 0.4) is 0 Å². The molecule has 302 valence electrons. The highest BCUT2D eigenvalue weighted by molar-refractivity contribution is 7.07. The molecular formula is C51H70O4Si. The molecule has 5 atom stereocenters. The molecule has 4 nitrogen and oxygen atoms in total. The lowest BCUT2D eigenvalue weighted by molar-refractivity contribution is -0.0193. The third-order valence-electron chi connectivity index (χ3n) is 11.3. The first-order valence-corrected chi connectivity index (χ1v) is 23.2. The zero-order valence-electron chi connectivity index (χ0n) is 35.5. The zero-order valence-corrected chi connectivity index (χ0v) is 36.5. The Hall–Kier alpha value is -3.74. The van der Waals surface area contributed by atoms with Crippen LogP contribution in [0.1, 0.15) is 105 Å². The number of aliphatic hydroxyl groups is 1. The van der Waals surface area contributed by atoms with Crippen LogP contribution in [0.5, 0.6) is 5.75 Å². The molecule has 0 heterocycles. The molecule has 0 bridgehead atoms. The van der Waals surface area contributed by atoms with Gasteiger partial charge in [0.05, 0.1) is 25.9 Å². The Morgan fingerprint density at radius 2 is 1.16 bits per heavy atom. The highest BCUT2D eigenvalue weighted by Gasteiger charge is 2.45. The fourth-order valence-electron chi connectivity index (χ4n) is 8.18. The quantitative estimate of drug-likeness (QED) is 0.0315. The zero-order chi connectivity index (χ0) is 40.2. The van der Waals surface area contributed by atoms with Gasteiger partial charge in [-0.25, -0.2) is 0 Å². The second-order valence-electron chi connectivity index (χ2n) is 16.0. The smallest absolute Gasteiger partial charge is 0.288 e. The van der Waals surface area contributed by atoms with E-state index in [1.54, 1.807) is 7.11 Å². The predicted octanol–water partition coefficient (Wildman–Crippen LogP) is 11.0. The van der Waals surface area contributed by atoms with Gasteiger partial charge in [0.1, 0.15) is 5.75 Å². The summed E-state index contributed by atoms with van der Waals surface area (Å²) in [6.07, 6.45) is 16.2. The second kappa shape index (κ2) is 24.1. The molecule has 0 aliphatic carbocycles. The lowest BCUT2D eigenvalue weighted by Gasteiger charge is -2.39. The van der Waals surface area contributed by atoms with E-state index in [1.165, 1.54) is 72.5 Å². The number of hydrogen-bond donors (Lipinski definition) is 1. The van der Waals surface area contributed by atoms with E-state index < -0.39 is 8.32 Å². The Balaban J connectivity index is 1.61. The summed E-state index contributed by atoms with van der Waals surface area (Å²) >= 11 is 0. The molecule has 0 unspecified atom stereocenters. The molecule has 1 N–H and O–H groups in total. The Morgan fingerprint density at radius 1 is 0.661 bits per heavy atom. The van der Waals surface area contributed by atoms with Crippen molar-refractivity contribution >= 4 is 23.9 Å². The molecule has 0 amide bonds. The molecule has 0 aromatic heterocycles. The molecule has 0 saturated carbocycles. The van der Waals surface area contributed by atoms with Gasteiger partial charge in [0, 0.05) is 18.4 Å². The summed E-state index contributed by atoms with van der Waals surface area (Å²) in [5, 5.41) is 14.2. The summed E-state index contributed by atoms with van der Waals surface area (Å²) in [6, 6.07) is 40.3. The summed E-state index contributed by atoms with van der Waals surface area (Å²) in [5.74, 6) is 1.35. The summed E-state index contributed by atoms with van der Waals surface area (Å²) in [5.41, 5.74) is 3.44. The highest BCUT2D eigenvalue weighted by Crippen LogP contribution is 2.28. The number of rotatable bonds is 25. The minimum absolute atomic E-state index is 0.0232. The lowest BCUT2D eigenvalue weighted by Crippen LogP contribution is -2.70. The summed E-state index contributed by atoms with van der Waals surface area (Å²) in [6.45, 7) is 14.0. The first-order chi connectivity index (χ1) is 27.2. The van der Waals surface area contributed by atoms with Crippen LogP contribution in [0, 0.1) is 17.8 Å². The van der Waals surface area contributed by atoms with E-state index in [0.29, 0.717) is 12.5 Å². The first kappa shape index (κ1) is 45.0. The largest absolute Gasteiger partial charge is 0.497 e. The lowest BCUT2D eigenvalue weighted by atomic mass is 9.87. The van der Waals surface area contributed by atoms with Crippen molar-refractivity contribution in [3.63, 3.8) is 0 Å². The molecule has 0 fully saturated rings. The molecule has 0 aliphatic heterocycles. The van der Waals surface area contributed by atoms with Crippen LogP contribution >= 0.6 is 0 Å². The van der Waals surface area contributed by atoms with Crippen molar-refractivity contribution in [1.29, 1.82) is 0 Å². The van der Waals surface area contributed by atoms with E-state index >= 15 is 0 Å². The van der Waals surface area contributed by atoms with E-state index in [2.05, 4.69) is 157 Å². The van der Waals surface area contributed by atoms with Crippen molar-refractivity contribution in [3.8, 4) is 5.75 Å². The minimum atomic E-state index is -3.02. The molecule has 56 heavy (non-hydrogen) atoms. The SMILES string of the molecule is CCCCCCCCCC[C@H](C)[C@@H](OCc1ccc(OC)cc1)[C@@H](C)/C=C(C)/C=C(\C)[C@H](O[Si](c1ccccc1)(c1ccccc1)c1ccccc1)[C@H](C)CO. The van der Waals surface area contributed by atoms with Crippen molar-refractivity contribution < 1.29 is 19.0 Å². The maximum absolute atomic E-state index is 10.7. The number of hydrogen-bond acceptors (Lipinski definition) is 4. The third kappa shape index (κ3) is 13.2. The topological polar surface area (TPSA) is 47.9 Å². The van der Waals surface area contributed by atoms with Crippen molar-refractivity contribution in [1.82, 2.24) is 0 Å². The average molecular weight is 775 g/mol. The van der Waals surface area contributed by atoms with Crippen molar-refractivity contribution in [2.75, 3.05) is 13.7 Å². The molecule has 0 radical (unpaired) electrons. The molecule has 0 saturated heterocycles. The standard InChI is InChI=1S/C51H70O4Si/c1-8-9-10-11-12-13-14-18-25-41(3)50(54-39-45-32-34-46(53-7)35-33-45)42(4)36-40(2)37-43(5)51(44(6)38-52)55-56(47-26-19-15-20-27-47,48-28-21-16-22-29-48)49-30-23-17-24-31-49/h15-17,19-24,26-37,41-42,44,50-52H,8-14,18,25,38-39H2,1-7H3/b40-36+,43-37+/t41-,42-,44+,50+,51-/m0/s1. The molecule has 4 aromatic rings. The van der Waals surface area contributed by atoms with E-state index in [1.807, 2.05) is 12.1 Å². The van der Waals surface area contributed by atoms with Gasteiger partial charge in [0.25, 0.3) is 8.32 Å². The average Bonchev–Trinajstić information content (AvgIpc) is 3.23. The van der Waals surface area contributed by atoms with E-state index in [4.69, 9.17) is 13.9 Å². The second-order valence-corrected chi connectivity index (χ2v) is 19.3. The Kier molecular flexibility index (Phi) is 19.4. The predicted molar refractivity (Wildman–Crippen MR) is 240 cm³/mol. The number of methoxy groups -OCH3 is 1. The van der Waals surface area contributed by atoms with Crippen LogP contribution in [-0.4, -0.2) is 39.3 Å². The monoisotopic (exact) mass is 775 g/mol. The minimum Gasteiger partial charge on any atom is -0.497 e. The number of unbranched alkanes of at least 4 members (excludes halogenated alkanes) is 7. The normalized spacial score (nSPS) is 15.2. The van der Waals surface area contributed by atoms with Gasteiger partial charge in [-0.3, -0.25) is 0 Å². The fraction of sp³-hybridized carbons (Fsp3) is 0.451. The van der Waals surface area contributed by atoms with E-state index in [-0.39, 0.29) is 30.7 Å². The van der Waals surface area contributed by atoms with E-state index in [9.17, 15) is 5.11 Å². The van der Waals surface area contributed by atoms with Gasteiger partial charge in [-0.1, -0.05) is 200 Å².